The normalized spacial score (nSPS) is 17.3. The van der Waals surface area contributed by atoms with E-state index < -0.39 is 0 Å². The molecule has 3 rings (SSSR count). The van der Waals surface area contributed by atoms with Crippen molar-refractivity contribution in [1.29, 1.82) is 0 Å². The van der Waals surface area contributed by atoms with Crippen LogP contribution in [0.3, 0.4) is 0 Å². The molecule has 1 aliphatic heterocycles. The van der Waals surface area contributed by atoms with Crippen LogP contribution in [0.1, 0.15) is 37.6 Å². The van der Waals surface area contributed by atoms with Gasteiger partial charge < -0.3 is 15.6 Å². The van der Waals surface area contributed by atoms with Crippen LogP contribution in [-0.4, -0.2) is 35.5 Å². The maximum absolute atomic E-state index is 12.1. The third-order valence-electron chi connectivity index (χ3n) is 4.88. The lowest BCUT2D eigenvalue weighted by Crippen LogP contribution is -2.42. The van der Waals surface area contributed by atoms with Crippen molar-refractivity contribution < 1.29 is 4.79 Å². The van der Waals surface area contributed by atoms with Gasteiger partial charge in [-0.3, -0.25) is 4.79 Å². The van der Waals surface area contributed by atoms with Crippen LogP contribution in [0.4, 0.5) is 0 Å². The highest BCUT2D eigenvalue weighted by atomic mass is 16.1. The summed E-state index contributed by atoms with van der Waals surface area (Å²) in [5, 5.41) is 6.47. The van der Waals surface area contributed by atoms with Crippen molar-refractivity contribution in [2.45, 2.75) is 39.5 Å². The fourth-order valence-electron chi connectivity index (χ4n) is 3.18. The number of para-hydroxylation sites is 1. The Morgan fingerprint density at radius 3 is 2.87 bits per heavy atom. The second-order valence-corrected chi connectivity index (χ2v) is 6.99. The van der Waals surface area contributed by atoms with Gasteiger partial charge in [0.1, 0.15) is 5.82 Å². The second kappa shape index (κ2) is 6.71. The number of piperidine rings is 1. The Hall–Kier alpha value is -1.88. The fourth-order valence-corrected chi connectivity index (χ4v) is 3.18. The molecule has 2 heterocycles. The third-order valence-corrected chi connectivity index (χ3v) is 4.88. The maximum atomic E-state index is 12.1. The topological polar surface area (TPSA) is 69.8 Å². The summed E-state index contributed by atoms with van der Waals surface area (Å²) in [5.74, 6) is 1.000. The lowest BCUT2D eigenvalue weighted by molar-refractivity contribution is -0.121. The number of imidazole rings is 1. The van der Waals surface area contributed by atoms with Crippen molar-refractivity contribution in [3.63, 3.8) is 0 Å². The number of aromatic amines is 1. The van der Waals surface area contributed by atoms with E-state index in [1.54, 1.807) is 0 Å². The van der Waals surface area contributed by atoms with Gasteiger partial charge in [0.05, 0.1) is 11.0 Å². The van der Waals surface area contributed by atoms with Crippen molar-refractivity contribution >= 4 is 16.9 Å². The average molecular weight is 314 g/mol. The number of nitrogens with zero attached hydrogens (tertiary/aromatic N) is 1. The number of nitrogens with one attached hydrogen (secondary N) is 3. The molecule has 3 N–H and O–H groups in total. The van der Waals surface area contributed by atoms with Crippen LogP contribution in [0.15, 0.2) is 18.2 Å². The Bertz CT molecular complexity index is 685. The number of aromatic nitrogens is 2. The third kappa shape index (κ3) is 3.91. The van der Waals surface area contributed by atoms with Gasteiger partial charge in [-0.15, -0.1) is 0 Å². The van der Waals surface area contributed by atoms with Gasteiger partial charge in [-0.2, -0.15) is 0 Å². The molecule has 1 aromatic heterocycles. The number of rotatable bonds is 5. The summed E-state index contributed by atoms with van der Waals surface area (Å²) in [5.41, 5.74) is 3.44. The smallest absolute Gasteiger partial charge is 0.220 e. The van der Waals surface area contributed by atoms with Crippen LogP contribution < -0.4 is 10.6 Å². The van der Waals surface area contributed by atoms with E-state index in [0.29, 0.717) is 12.8 Å². The standard InChI is InChI=1S/C18H26N4O/c1-13-4-3-5-14-17(13)22-15(21-14)6-7-16(23)20-12-18(2)8-10-19-11-9-18/h3-5,19H,6-12H2,1-2H3,(H,20,23)(H,21,22). The van der Waals surface area contributed by atoms with E-state index >= 15 is 0 Å². The van der Waals surface area contributed by atoms with E-state index in [9.17, 15) is 4.79 Å². The zero-order valence-electron chi connectivity index (χ0n) is 14.0. The van der Waals surface area contributed by atoms with Crippen molar-refractivity contribution in [2.75, 3.05) is 19.6 Å². The molecular weight excluding hydrogens is 288 g/mol. The van der Waals surface area contributed by atoms with Crippen LogP contribution >= 0.6 is 0 Å². The van der Waals surface area contributed by atoms with Crippen LogP contribution in [0.25, 0.3) is 11.0 Å². The molecule has 0 spiro atoms. The molecule has 1 amide bonds. The molecule has 5 heteroatoms. The SMILES string of the molecule is Cc1cccc2[nH]c(CCC(=O)NCC3(C)CCNCC3)nc12. The minimum Gasteiger partial charge on any atom is -0.356 e. The first kappa shape index (κ1) is 16.0. The first-order valence-corrected chi connectivity index (χ1v) is 8.47. The van der Waals surface area contributed by atoms with Crippen molar-refractivity contribution in [2.24, 2.45) is 5.41 Å². The molecule has 5 nitrogen and oxygen atoms in total. The van der Waals surface area contributed by atoms with Crippen LogP contribution in [0.2, 0.25) is 0 Å². The summed E-state index contributed by atoms with van der Waals surface area (Å²) in [4.78, 5) is 20.0. The fraction of sp³-hybridized carbons (Fsp3) is 0.556. The van der Waals surface area contributed by atoms with Gasteiger partial charge in [0, 0.05) is 19.4 Å². The van der Waals surface area contributed by atoms with Crippen molar-refractivity contribution in [3.05, 3.63) is 29.6 Å². The largest absolute Gasteiger partial charge is 0.356 e. The molecule has 2 aromatic rings. The predicted molar refractivity (Wildman–Crippen MR) is 92.4 cm³/mol. The van der Waals surface area contributed by atoms with E-state index in [1.807, 2.05) is 12.1 Å². The van der Waals surface area contributed by atoms with Crippen molar-refractivity contribution in [3.8, 4) is 0 Å². The molecule has 0 saturated carbocycles. The molecule has 0 radical (unpaired) electrons. The number of fused-ring (bicyclic) bond motifs is 1. The Balaban J connectivity index is 1.51. The van der Waals surface area contributed by atoms with Crippen LogP contribution in [0.5, 0.6) is 0 Å². The lowest BCUT2D eigenvalue weighted by Gasteiger charge is -2.34. The van der Waals surface area contributed by atoms with Gasteiger partial charge in [-0.1, -0.05) is 19.1 Å². The molecule has 124 valence electrons. The monoisotopic (exact) mass is 314 g/mol. The molecular formula is C18H26N4O. The summed E-state index contributed by atoms with van der Waals surface area (Å²) >= 11 is 0. The van der Waals surface area contributed by atoms with E-state index in [1.165, 1.54) is 0 Å². The summed E-state index contributed by atoms with van der Waals surface area (Å²) in [6.07, 6.45) is 3.37. The van der Waals surface area contributed by atoms with Gasteiger partial charge in [-0.05, 0) is 49.9 Å². The zero-order chi connectivity index (χ0) is 16.3. The number of H-pyrrole nitrogens is 1. The quantitative estimate of drug-likeness (QED) is 0.793. The molecule has 1 saturated heterocycles. The molecule has 1 aliphatic rings. The van der Waals surface area contributed by atoms with Gasteiger partial charge in [-0.25, -0.2) is 4.98 Å². The van der Waals surface area contributed by atoms with E-state index in [4.69, 9.17) is 0 Å². The molecule has 0 unspecified atom stereocenters. The van der Waals surface area contributed by atoms with E-state index in [2.05, 4.69) is 40.5 Å². The van der Waals surface area contributed by atoms with E-state index in [0.717, 1.165) is 54.9 Å². The Kier molecular flexibility index (Phi) is 4.66. The minimum atomic E-state index is 0.113. The number of amides is 1. The number of hydrogen-bond donors (Lipinski definition) is 3. The lowest BCUT2D eigenvalue weighted by atomic mass is 9.81. The summed E-state index contributed by atoms with van der Waals surface area (Å²) in [7, 11) is 0. The molecule has 0 aliphatic carbocycles. The number of hydrogen-bond acceptors (Lipinski definition) is 3. The highest BCUT2D eigenvalue weighted by molar-refractivity contribution is 5.79. The first-order chi connectivity index (χ1) is 11.1. The van der Waals surface area contributed by atoms with Crippen LogP contribution in [-0.2, 0) is 11.2 Å². The van der Waals surface area contributed by atoms with Crippen LogP contribution in [0, 0.1) is 12.3 Å². The molecule has 1 fully saturated rings. The highest BCUT2D eigenvalue weighted by Crippen LogP contribution is 2.26. The Morgan fingerprint density at radius 1 is 1.35 bits per heavy atom. The summed E-state index contributed by atoms with van der Waals surface area (Å²) in [6.45, 7) is 7.18. The Morgan fingerprint density at radius 2 is 2.13 bits per heavy atom. The number of benzene rings is 1. The molecule has 0 bridgehead atoms. The minimum absolute atomic E-state index is 0.113. The molecule has 0 atom stereocenters. The van der Waals surface area contributed by atoms with Crippen molar-refractivity contribution in [1.82, 2.24) is 20.6 Å². The Labute approximate surface area is 137 Å². The predicted octanol–water partition coefficient (Wildman–Crippen LogP) is 2.31. The zero-order valence-corrected chi connectivity index (χ0v) is 14.0. The van der Waals surface area contributed by atoms with Gasteiger partial charge in [0.15, 0.2) is 0 Å². The molecule has 1 aromatic carbocycles. The number of carbonyl (C=O) groups excluding carboxylic acids is 1. The second-order valence-electron chi connectivity index (χ2n) is 6.99. The summed E-state index contributed by atoms with van der Waals surface area (Å²) < 4.78 is 0. The van der Waals surface area contributed by atoms with Gasteiger partial charge >= 0.3 is 0 Å². The average Bonchev–Trinajstić information content (AvgIpc) is 2.96. The maximum Gasteiger partial charge on any atom is 0.220 e. The number of aryl methyl sites for hydroxylation is 2. The van der Waals surface area contributed by atoms with Gasteiger partial charge in [0.2, 0.25) is 5.91 Å². The van der Waals surface area contributed by atoms with Gasteiger partial charge in [0.25, 0.3) is 0 Å². The van der Waals surface area contributed by atoms with E-state index in [-0.39, 0.29) is 11.3 Å². The summed E-state index contributed by atoms with van der Waals surface area (Å²) in [6, 6.07) is 6.10. The molecule has 23 heavy (non-hydrogen) atoms. The highest BCUT2D eigenvalue weighted by Gasteiger charge is 2.26. The number of carbonyl (C=O) groups is 1. The first-order valence-electron chi connectivity index (χ1n) is 8.47.